The number of rotatable bonds is 5. The highest BCUT2D eigenvalue weighted by Gasteiger charge is 2.50. The molecule has 0 aliphatic rings. The number of hydrogen-bond acceptors (Lipinski definition) is 5. The van der Waals surface area contributed by atoms with Crippen LogP contribution in [-0.2, 0) is 30.3 Å². The lowest BCUT2D eigenvalue weighted by molar-refractivity contribution is -0.163. The van der Waals surface area contributed by atoms with Crippen LogP contribution < -0.4 is 0 Å². The zero-order chi connectivity index (χ0) is 17.9. The van der Waals surface area contributed by atoms with Crippen molar-refractivity contribution in [2.75, 3.05) is 0 Å². The molecule has 0 bridgehead atoms. The van der Waals surface area contributed by atoms with E-state index < -0.39 is 33.3 Å². The van der Waals surface area contributed by atoms with Crippen LogP contribution in [0.25, 0.3) is 0 Å². The van der Waals surface area contributed by atoms with Gasteiger partial charge < -0.3 is 4.74 Å². The summed E-state index contributed by atoms with van der Waals surface area (Å²) in [4.78, 5) is 12.0. The van der Waals surface area contributed by atoms with Crippen molar-refractivity contribution in [2.45, 2.75) is 44.4 Å². The molecular formula is C14H17F3O5S. The molecule has 0 fully saturated rings. The van der Waals surface area contributed by atoms with Crippen molar-refractivity contribution in [2.24, 2.45) is 0 Å². The van der Waals surface area contributed by atoms with Crippen molar-refractivity contribution in [1.29, 1.82) is 0 Å². The van der Waals surface area contributed by atoms with Gasteiger partial charge in [0, 0.05) is 6.42 Å². The predicted molar refractivity (Wildman–Crippen MR) is 75.8 cm³/mol. The molecule has 1 aromatic rings. The second-order valence-corrected chi connectivity index (χ2v) is 7.27. The smallest absolute Gasteiger partial charge is 0.458 e. The first-order valence-electron chi connectivity index (χ1n) is 6.58. The Morgan fingerprint density at radius 1 is 1.13 bits per heavy atom. The fourth-order valence-corrected chi connectivity index (χ4v) is 2.12. The number of alkyl halides is 3. The number of halogens is 3. The van der Waals surface area contributed by atoms with E-state index in [2.05, 4.69) is 4.18 Å². The third-order valence-electron chi connectivity index (χ3n) is 2.46. The van der Waals surface area contributed by atoms with E-state index in [-0.39, 0.29) is 6.42 Å². The van der Waals surface area contributed by atoms with Gasteiger partial charge in [-0.2, -0.15) is 21.6 Å². The summed E-state index contributed by atoms with van der Waals surface area (Å²) in [6.45, 7) is 4.51. The molecule has 0 radical (unpaired) electrons. The first-order chi connectivity index (χ1) is 10.3. The Bertz CT molecular complexity index is 633. The standard InChI is InChI=1S/C14H17F3O5S/c1-13(2,3)21-12(18)11(9-10-7-5-4-6-8-10)22-23(19,20)14(15,16)17/h4-8,11H,9H2,1-3H3/t11-/m1/s1. The van der Waals surface area contributed by atoms with Crippen molar-refractivity contribution < 1.29 is 35.3 Å². The highest BCUT2D eigenvalue weighted by Crippen LogP contribution is 2.27. The van der Waals surface area contributed by atoms with Gasteiger partial charge in [-0.1, -0.05) is 30.3 Å². The van der Waals surface area contributed by atoms with E-state index in [1.807, 2.05) is 0 Å². The zero-order valence-corrected chi connectivity index (χ0v) is 13.6. The Labute approximate surface area is 132 Å². The molecule has 0 aliphatic carbocycles. The molecule has 0 spiro atoms. The van der Waals surface area contributed by atoms with Gasteiger partial charge in [0.25, 0.3) is 0 Å². The summed E-state index contributed by atoms with van der Waals surface area (Å²) in [5.74, 6) is -1.19. The topological polar surface area (TPSA) is 69.7 Å². The molecule has 9 heteroatoms. The van der Waals surface area contributed by atoms with Crippen molar-refractivity contribution in [1.82, 2.24) is 0 Å². The van der Waals surface area contributed by atoms with E-state index in [9.17, 15) is 26.4 Å². The van der Waals surface area contributed by atoms with Gasteiger partial charge in [-0.3, -0.25) is 0 Å². The van der Waals surface area contributed by atoms with Crippen molar-refractivity contribution in [3.63, 3.8) is 0 Å². The van der Waals surface area contributed by atoms with Crippen LogP contribution in [-0.4, -0.2) is 31.6 Å². The molecule has 0 amide bonds. The fourth-order valence-electron chi connectivity index (χ4n) is 1.56. The Morgan fingerprint density at radius 3 is 2.09 bits per heavy atom. The van der Waals surface area contributed by atoms with Crippen molar-refractivity contribution in [3.8, 4) is 0 Å². The average molecular weight is 354 g/mol. The van der Waals surface area contributed by atoms with E-state index in [4.69, 9.17) is 4.74 Å². The van der Waals surface area contributed by atoms with Gasteiger partial charge in [0.15, 0.2) is 6.10 Å². The van der Waals surface area contributed by atoms with E-state index in [1.165, 1.54) is 32.9 Å². The molecule has 1 atom stereocenters. The number of benzene rings is 1. The first-order valence-corrected chi connectivity index (χ1v) is 7.99. The van der Waals surface area contributed by atoms with E-state index >= 15 is 0 Å². The summed E-state index contributed by atoms with van der Waals surface area (Å²) in [6.07, 6.45) is -2.30. The molecule has 0 unspecified atom stereocenters. The van der Waals surface area contributed by atoms with Gasteiger partial charge in [0.2, 0.25) is 0 Å². The second kappa shape index (κ2) is 6.88. The van der Waals surface area contributed by atoms with E-state index in [1.54, 1.807) is 18.2 Å². The van der Waals surface area contributed by atoms with Crippen LogP contribution in [0.1, 0.15) is 26.3 Å². The second-order valence-electron chi connectivity index (χ2n) is 5.71. The van der Waals surface area contributed by atoms with Gasteiger partial charge >= 0.3 is 21.6 Å². The quantitative estimate of drug-likeness (QED) is 0.462. The molecule has 0 N–H and O–H groups in total. The SMILES string of the molecule is CC(C)(C)OC(=O)[C@@H](Cc1ccccc1)OS(=O)(=O)C(F)(F)F. The van der Waals surface area contributed by atoms with Crippen LogP contribution in [0.2, 0.25) is 0 Å². The number of ether oxygens (including phenoxy) is 1. The maximum absolute atomic E-state index is 12.5. The highest BCUT2D eigenvalue weighted by atomic mass is 32.2. The number of hydrogen-bond donors (Lipinski definition) is 0. The third kappa shape index (κ3) is 6.19. The number of carbonyl (C=O) groups is 1. The van der Waals surface area contributed by atoms with Crippen LogP contribution in [0, 0.1) is 0 Å². The minimum atomic E-state index is -5.92. The number of esters is 1. The van der Waals surface area contributed by atoms with Crippen molar-refractivity contribution >= 4 is 16.1 Å². The summed E-state index contributed by atoms with van der Waals surface area (Å²) in [5.41, 5.74) is -6.19. The van der Waals surface area contributed by atoms with Gasteiger partial charge in [-0.25, -0.2) is 8.98 Å². The minimum absolute atomic E-state index is 0.370. The van der Waals surface area contributed by atoms with E-state index in [0.717, 1.165) is 0 Å². The molecule has 1 rings (SSSR count). The van der Waals surface area contributed by atoms with Crippen LogP contribution in [0.15, 0.2) is 30.3 Å². The van der Waals surface area contributed by atoms with Gasteiger partial charge in [-0.05, 0) is 26.3 Å². The monoisotopic (exact) mass is 354 g/mol. The highest BCUT2D eigenvalue weighted by molar-refractivity contribution is 7.87. The minimum Gasteiger partial charge on any atom is -0.458 e. The summed E-state index contributed by atoms with van der Waals surface area (Å²) >= 11 is 0. The summed E-state index contributed by atoms with van der Waals surface area (Å²) in [7, 11) is -5.92. The Kier molecular flexibility index (Phi) is 5.81. The zero-order valence-electron chi connectivity index (χ0n) is 12.8. The fraction of sp³-hybridized carbons (Fsp3) is 0.500. The average Bonchev–Trinajstić information content (AvgIpc) is 2.35. The molecule has 130 valence electrons. The summed E-state index contributed by atoms with van der Waals surface area (Å²) < 4.78 is 68.8. The molecule has 0 heterocycles. The molecule has 0 saturated carbocycles. The third-order valence-corrected chi connectivity index (χ3v) is 3.51. The van der Waals surface area contributed by atoms with Crippen LogP contribution in [0.3, 0.4) is 0 Å². The normalized spacial score (nSPS) is 14.3. The molecular weight excluding hydrogens is 337 g/mol. The lowest BCUT2D eigenvalue weighted by Crippen LogP contribution is -2.39. The summed E-state index contributed by atoms with van der Waals surface area (Å²) in [6, 6.07) is 7.92. The lowest BCUT2D eigenvalue weighted by atomic mass is 10.1. The largest absolute Gasteiger partial charge is 0.523 e. The molecule has 1 aromatic carbocycles. The Balaban J connectivity index is 3.04. The van der Waals surface area contributed by atoms with Crippen molar-refractivity contribution in [3.05, 3.63) is 35.9 Å². The van der Waals surface area contributed by atoms with Crippen LogP contribution >= 0.6 is 0 Å². The Hall–Kier alpha value is -1.61. The van der Waals surface area contributed by atoms with Crippen LogP contribution in [0.5, 0.6) is 0 Å². The maximum atomic E-state index is 12.5. The molecule has 0 aliphatic heterocycles. The first kappa shape index (κ1) is 19.4. The lowest BCUT2D eigenvalue weighted by Gasteiger charge is -2.24. The molecule has 23 heavy (non-hydrogen) atoms. The van der Waals surface area contributed by atoms with Gasteiger partial charge in [-0.15, -0.1) is 0 Å². The van der Waals surface area contributed by atoms with E-state index in [0.29, 0.717) is 5.56 Å². The predicted octanol–water partition coefficient (Wildman–Crippen LogP) is 2.81. The maximum Gasteiger partial charge on any atom is 0.523 e. The van der Waals surface area contributed by atoms with Gasteiger partial charge in [0.05, 0.1) is 0 Å². The molecule has 5 nitrogen and oxygen atoms in total. The van der Waals surface area contributed by atoms with Crippen LogP contribution in [0.4, 0.5) is 13.2 Å². The molecule has 0 saturated heterocycles. The summed E-state index contributed by atoms with van der Waals surface area (Å²) in [5, 5.41) is 0. The Morgan fingerprint density at radius 2 is 1.65 bits per heavy atom. The molecule has 0 aromatic heterocycles. The van der Waals surface area contributed by atoms with Gasteiger partial charge in [0.1, 0.15) is 5.60 Å². The number of carbonyl (C=O) groups excluding carboxylic acids is 1.